The standard InChI is InChI=1S/C12H14O4/c1-3-4-8-5-9(12(14)15)6-11(16-2)10(8)7-13/h3,5-6,13H,1,4,7H2,2H3,(H,14,15). The van der Waals surface area contributed by atoms with E-state index in [4.69, 9.17) is 9.84 Å². The van der Waals surface area contributed by atoms with Gasteiger partial charge in [-0.1, -0.05) is 6.08 Å². The van der Waals surface area contributed by atoms with Crippen molar-refractivity contribution in [1.82, 2.24) is 0 Å². The van der Waals surface area contributed by atoms with Crippen LogP contribution in [0.25, 0.3) is 0 Å². The molecule has 0 spiro atoms. The highest BCUT2D eigenvalue weighted by Crippen LogP contribution is 2.25. The fourth-order valence-electron chi connectivity index (χ4n) is 1.53. The molecule has 0 atom stereocenters. The van der Waals surface area contributed by atoms with Gasteiger partial charge in [0, 0.05) is 5.56 Å². The van der Waals surface area contributed by atoms with Gasteiger partial charge >= 0.3 is 5.97 Å². The summed E-state index contributed by atoms with van der Waals surface area (Å²) in [7, 11) is 1.44. The molecule has 0 aliphatic rings. The van der Waals surface area contributed by atoms with Gasteiger partial charge in [0.15, 0.2) is 0 Å². The summed E-state index contributed by atoms with van der Waals surface area (Å²) in [6, 6.07) is 2.93. The van der Waals surface area contributed by atoms with Gasteiger partial charge in [0.05, 0.1) is 19.3 Å². The minimum atomic E-state index is -1.02. The van der Waals surface area contributed by atoms with Crippen LogP contribution in [0.1, 0.15) is 21.5 Å². The number of benzene rings is 1. The highest BCUT2D eigenvalue weighted by molar-refractivity contribution is 5.88. The lowest BCUT2D eigenvalue weighted by Crippen LogP contribution is -2.04. The number of aliphatic hydroxyl groups is 1. The van der Waals surface area contributed by atoms with Gasteiger partial charge < -0.3 is 14.9 Å². The highest BCUT2D eigenvalue weighted by atomic mass is 16.5. The molecule has 0 saturated heterocycles. The average Bonchev–Trinajstić information content (AvgIpc) is 2.28. The number of methoxy groups -OCH3 is 1. The molecule has 0 heterocycles. The van der Waals surface area contributed by atoms with Crippen molar-refractivity contribution < 1.29 is 19.7 Å². The summed E-state index contributed by atoms with van der Waals surface area (Å²) in [6.45, 7) is 3.40. The molecule has 1 rings (SSSR count). The van der Waals surface area contributed by atoms with Crippen molar-refractivity contribution in [3.05, 3.63) is 41.5 Å². The maximum Gasteiger partial charge on any atom is 0.335 e. The van der Waals surface area contributed by atoms with E-state index in [0.29, 0.717) is 23.3 Å². The Bertz CT molecular complexity index is 410. The third kappa shape index (κ3) is 2.41. The van der Waals surface area contributed by atoms with Crippen LogP contribution in [-0.4, -0.2) is 23.3 Å². The first-order valence-electron chi connectivity index (χ1n) is 4.78. The number of aromatic carboxylic acids is 1. The minimum absolute atomic E-state index is 0.144. The van der Waals surface area contributed by atoms with E-state index in [-0.39, 0.29) is 12.2 Å². The van der Waals surface area contributed by atoms with Gasteiger partial charge in [-0.2, -0.15) is 0 Å². The normalized spacial score (nSPS) is 9.88. The van der Waals surface area contributed by atoms with E-state index in [9.17, 15) is 9.90 Å². The van der Waals surface area contributed by atoms with Crippen LogP contribution >= 0.6 is 0 Å². The quantitative estimate of drug-likeness (QED) is 0.743. The number of carboxylic acids is 1. The van der Waals surface area contributed by atoms with Crippen molar-refractivity contribution in [3.8, 4) is 5.75 Å². The third-order valence-corrected chi connectivity index (χ3v) is 2.29. The summed E-state index contributed by atoms with van der Waals surface area (Å²) in [5.74, 6) is -0.632. The monoisotopic (exact) mass is 222 g/mol. The Morgan fingerprint density at radius 2 is 2.25 bits per heavy atom. The van der Waals surface area contributed by atoms with E-state index < -0.39 is 5.97 Å². The molecule has 0 aliphatic carbocycles. The molecule has 0 aliphatic heterocycles. The Morgan fingerprint density at radius 1 is 1.56 bits per heavy atom. The molecule has 0 bridgehead atoms. The molecule has 0 fully saturated rings. The van der Waals surface area contributed by atoms with Crippen molar-refractivity contribution in [2.24, 2.45) is 0 Å². The molecule has 16 heavy (non-hydrogen) atoms. The molecule has 0 unspecified atom stereocenters. The lowest BCUT2D eigenvalue weighted by molar-refractivity contribution is 0.0696. The van der Waals surface area contributed by atoms with Crippen molar-refractivity contribution in [2.75, 3.05) is 7.11 Å². The van der Waals surface area contributed by atoms with Gasteiger partial charge in [-0.25, -0.2) is 4.79 Å². The van der Waals surface area contributed by atoms with Crippen LogP contribution in [-0.2, 0) is 13.0 Å². The van der Waals surface area contributed by atoms with Gasteiger partial charge in [0.2, 0.25) is 0 Å². The summed E-state index contributed by atoms with van der Waals surface area (Å²) >= 11 is 0. The first kappa shape index (κ1) is 12.3. The van der Waals surface area contributed by atoms with E-state index in [0.717, 1.165) is 0 Å². The number of rotatable bonds is 5. The van der Waals surface area contributed by atoms with Crippen LogP contribution in [0, 0.1) is 0 Å². The van der Waals surface area contributed by atoms with Crippen LogP contribution in [0.5, 0.6) is 5.75 Å². The largest absolute Gasteiger partial charge is 0.496 e. The second-order valence-electron chi connectivity index (χ2n) is 3.27. The number of ether oxygens (including phenoxy) is 1. The van der Waals surface area contributed by atoms with E-state index >= 15 is 0 Å². The predicted octanol–water partition coefficient (Wildman–Crippen LogP) is 1.61. The molecule has 1 aromatic carbocycles. The van der Waals surface area contributed by atoms with E-state index in [1.165, 1.54) is 19.2 Å². The molecule has 0 amide bonds. The van der Waals surface area contributed by atoms with Gasteiger partial charge in [0.25, 0.3) is 0 Å². The zero-order chi connectivity index (χ0) is 12.1. The molecule has 4 nitrogen and oxygen atoms in total. The smallest absolute Gasteiger partial charge is 0.335 e. The Labute approximate surface area is 93.8 Å². The molecule has 0 radical (unpaired) electrons. The number of aliphatic hydroxyl groups excluding tert-OH is 1. The van der Waals surface area contributed by atoms with Crippen LogP contribution in [0.15, 0.2) is 24.8 Å². The molecule has 0 saturated carbocycles. The zero-order valence-corrected chi connectivity index (χ0v) is 9.06. The van der Waals surface area contributed by atoms with Gasteiger partial charge in [-0.3, -0.25) is 0 Å². The summed E-state index contributed by atoms with van der Waals surface area (Å²) in [6.07, 6.45) is 2.15. The molecular weight excluding hydrogens is 208 g/mol. The summed E-state index contributed by atoms with van der Waals surface area (Å²) in [5.41, 5.74) is 1.47. The summed E-state index contributed by atoms with van der Waals surface area (Å²) in [5, 5.41) is 18.1. The Balaban J connectivity index is 3.36. The topological polar surface area (TPSA) is 66.8 Å². The van der Waals surface area contributed by atoms with E-state index in [1.807, 2.05) is 0 Å². The Kier molecular flexibility index (Phi) is 4.08. The van der Waals surface area contributed by atoms with Crippen LogP contribution < -0.4 is 4.74 Å². The number of hydrogen-bond acceptors (Lipinski definition) is 3. The van der Waals surface area contributed by atoms with Crippen LogP contribution in [0.2, 0.25) is 0 Å². The molecule has 1 aromatic rings. The Morgan fingerprint density at radius 3 is 2.69 bits per heavy atom. The summed E-state index contributed by atoms with van der Waals surface area (Å²) < 4.78 is 5.06. The second kappa shape index (κ2) is 5.32. The maximum atomic E-state index is 10.9. The lowest BCUT2D eigenvalue weighted by Gasteiger charge is -2.12. The molecule has 2 N–H and O–H groups in total. The lowest BCUT2D eigenvalue weighted by atomic mass is 10.0. The van der Waals surface area contributed by atoms with Crippen molar-refractivity contribution in [1.29, 1.82) is 0 Å². The number of hydrogen-bond donors (Lipinski definition) is 2. The zero-order valence-electron chi connectivity index (χ0n) is 9.06. The number of carboxylic acid groups (broad SMARTS) is 1. The SMILES string of the molecule is C=CCc1cc(C(=O)O)cc(OC)c1CO. The Hall–Kier alpha value is -1.81. The van der Waals surface area contributed by atoms with Gasteiger partial charge in [-0.05, 0) is 24.1 Å². The first-order valence-corrected chi connectivity index (χ1v) is 4.78. The van der Waals surface area contributed by atoms with E-state index in [1.54, 1.807) is 6.08 Å². The number of carbonyl (C=O) groups is 1. The van der Waals surface area contributed by atoms with E-state index in [2.05, 4.69) is 6.58 Å². The maximum absolute atomic E-state index is 10.9. The fraction of sp³-hybridized carbons (Fsp3) is 0.250. The fourth-order valence-corrected chi connectivity index (χ4v) is 1.53. The average molecular weight is 222 g/mol. The van der Waals surface area contributed by atoms with Crippen LogP contribution in [0.3, 0.4) is 0 Å². The summed E-state index contributed by atoms with van der Waals surface area (Å²) in [4.78, 5) is 10.9. The van der Waals surface area contributed by atoms with Crippen molar-refractivity contribution in [2.45, 2.75) is 13.0 Å². The highest BCUT2D eigenvalue weighted by Gasteiger charge is 2.13. The van der Waals surface area contributed by atoms with Gasteiger partial charge in [-0.15, -0.1) is 6.58 Å². The second-order valence-corrected chi connectivity index (χ2v) is 3.27. The van der Waals surface area contributed by atoms with Gasteiger partial charge in [0.1, 0.15) is 5.75 Å². The molecular formula is C12H14O4. The third-order valence-electron chi connectivity index (χ3n) is 2.29. The minimum Gasteiger partial charge on any atom is -0.496 e. The van der Waals surface area contributed by atoms with Crippen molar-refractivity contribution >= 4 is 5.97 Å². The predicted molar refractivity (Wildman–Crippen MR) is 59.8 cm³/mol. The van der Waals surface area contributed by atoms with Crippen molar-refractivity contribution in [3.63, 3.8) is 0 Å². The molecule has 86 valence electrons. The molecule has 0 aromatic heterocycles. The molecule has 4 heteroatoms. The number of allylic oxidation sites excluding steroid dienone is 1. The van der Waals surface area contributed by atoms with Crippen LogP contribution in [0.4, 0.5) is 0 Å². The first-order chi connectivity index (χ1) is 7.63.